The molecule has 1 aliphatic rings. The molecule has 3 N–H and O–H groups in total. The first kappa shape index (κ1) is 14.5. The lowest BCUT2D eigenvalue weighted by atomic mass is 10.0. The van der Waals surface area contributed by atoms with Crippen LogP contribution in [0.4, 0.5) is 0 Å². The Morgan fingerprint density at radius 1 is 1.32 bits per heavy atom. The van der Waals surface area contributed by atoms with Crippen LogP contribution in [0, 0.1) is 0 Å². The maximum absolute atomic E-state index is 10.8. The number of nitrogens with zero attached hydrogens (tertiary/aromatic N) is 1. The van der Waals surface area contributed by atoms with Crippen LogP contribution in [-0.4, -0.2) is 36.5 Å². The Morgan fingerprint density at radius 2 is 1.95 bits per heavy atom. The molecule has 1 aliphatic heterocycles. The lowest BCUT2D eigenvalue weighted by Crippen LogP contribution is -2.45. The van der Waals surface area contributed by atoms with Crippen molar-refractivity contribution in [3.8, 4) is 0 Å². The van der Waals surface area contributed by atoms with Gasteiger partial charge in [0.05, 0.1) is 6.54 Å². The number of halogens is 1. The van der Waals surface area contributed by atoms with Crippen LogP contribution in [0.5, 0.6) is 0 Å². The van der Waals surface area contributed by atoms with Gasteiger partial charge in [0.25, 0.3) is 0 Å². The van der Waals surface area contributed by atoms with Gasteiger partial charge in [-0.25, -0.2) is 0 Å². The average Bonchev–Trinajstić information content (AvgIpc) is 2.39. The van der Waals surface area contributed by atoms with E-state index >= 15 is 0 Å². The van der Waals surface area contributed by atoms with E-state index in [0.29, 0.717) is 12.6 Å². The summed E-state index contributed by atoms with van der Waals surface area (Å²) in [5.41, 5.74) is 6.50. The second-order valence-corrected chi connectivity index (χ2v) is 5.94. The topological polar surface area (TPSA) is 58.4 Å². The highest BCUT2D eigenvalue weighted by Crippen LogP contribution is 2.13. The first-order valence-electron chi connectivity index (χ1n) is 6.62. The third-order valence-electron chi connectivity index (χ3n) is 3.48. The normalized spacial score (nSPS) is 17.5. The van der Waals surface area contributed by atoms with Gasteiger partial charge < -0.3 is 11.1 Å². The van der Waals surface area contributed by atoms with Crippen molar-refractivity contribution in [3.63, 3.8) is 0 Å². The maximum atomic E-state index is 10.8. The Kier molecular flexibility index (Phi) is 5.36. The van der Waals surface area contributed by atoms with E-state index in [0.717, 1.165) is 36.9 Å². The molecule has 1 heterocycles. The van der Waals surface area contributed by atoms with E-state index in [1.807, 2.05) is 0 Å². The van der Waals surface area contributed by atoms with Crippen molar-refractivity contribution in [2.75, 3.05) is 19.6 Å². The number of benzene rings is 1. The average molecular weight is 326 g/mol. The number of hydrogen-bond donors (Lipinski definition) is 2. The zero-order valence-electron chi connectivity index (χ0n) is 10.9. The molecule has 104 valence electrons. The number of likely N-dealkylation sites (tertiary alicyclic amines) is 1. The predicted molar refractivity (Wildman–Crippen MR) is 79.6 cm³/mol. The number of rotatable bonds is 5. The molecule has 0 unspecified atom stereocenters. The second-order valence-electron chi connectivity index (χ2n) is 5.02. The van der Waals surface area contributed by atoms with Crippen molar-refractivity contribution in [3.05, 3.63) is 34.3 Å². The minimum absolute atomic E-state index is 0.235. The first-order chi connectivity index (χ1) is 9.13. The molecule has 1 aromatic carbocycles. The van der Waals surface area contributed by atoms with E-state index in [4.69, 9.17) is 5.73 Å². The summed E-state index contributed by atoms with van der Waals surface area (Å²) < 4.78 is 1.11. The summed E-state index contributed by atoms with van der Waals surface area (Å²) >= 11 is 3.44. The fourth-order valence-electron chi connectivity index (χ4n) is 2.38. The predicted octanol–water partition coefficient (Wildman–Crippen LogP) is 1.49. The van der Waals surface area contributed by atoms with Crippen molar-refractivity contribution in [2.24, 2.45) is 5.73 Å². The van der Waals surface area contributed by atoms with Gasteiger partial charge in [0.2, 0.25) is 5.91 Å². The van der Waals surface area contributed by atoms with Gasteiger partial charge in [-0.3, -0.25) is 9.69 Å². The highest BCUT2D eigenvalue weighted by Gasteiger charge is 2.19. The van der Waals surface area contributed by atoms with Gasteiger partial charge in [-0.1, -0.05) is 28.1 Å². The summed E-state index contributed by atoms with van der Waals surface area (Å²) in [5.74, 6) is -0.235. The van der Waals surface area contributed by atoms with Gasteiger partial charge in [0.15, 0.2) is 0 Å². The van der Waals surface area contributed by atoms with Crippen LogP contribution in [-0.2, 0) is 11.3 Å². The Hall–Kier alpha value is -0.910. The molecule has 19 heavy (non-hydrogen) atoms. The third-order valence-corrected chi connectivity index (χ3v) is 4.00. The smallest absolute Gasteiger partial charge is 0.231 e. The van der Waals surface area contributed by atoms with Gasteiger partial charge in [-0.15, -0.1) is 0 Å². The number of carbonyl (C=O) groups is 1. The summed E-state index contributed by atoms with van der Waals surface area (Å²) in [5, 5.41) is 3.57. The van der Waals surface area contributed by atoms with Crippen LogP contribution >= 0.6 is 15.9 Å². The second kappa shape index (κ2) is 7.03. The van der Waals surface area contributed by atoms with Crippen LogP contribution < -0.4 is 11.1 Å². The molecule has 4 nitrogen and oxygen atoms in total. The molecule has 1 saturated heterocycles. The zero-order chi connectivity index (χ0) is 13.7. The van der Waals surface area contributed by atoms with Crippen molar-refractivity contribution in [1.29, 1.82) is 0 Å². The van der Waals surface area contributed by atoms with Crippen LogP contribution in [0.25, 0.3) is 0 Å². The molecule has 1 aromatic rings. The summed E-state index contributed by atoms with van der Waals surface area (Å²) in [6.45, 7) is 3.18. The molecular weight excluding hydrogens is 306 g/mol. The number of primary amides is 1. The van der Waals surface area contributed by atoms with E-state index in [1.165, 1.54) is 5.56 Å². The molecule has 0 saturated carbocycles. The summed E-state index contributed by atoms with van der Waals surface area (Å²) in [6.07, 6.45) is 2.15. The van der Waals surface area contributed by atoms with Gasteiger partial charge in [-0.2, -0.15) is 0 Å². The molecule has 0 radical (unpaired) electrons. The summed E-state index contributed by atoms with van der Waals surface area (Å²) in [4.78, 5) is 13.0. The van der Waals surface area contributed by atoms with Crippen molar-refractivity contribution >= 4 is 21.8 Å². The van der Waals surface area contributed by atoms with E-state index < -0.39 is 0 Å². The van der Waals surface area contributed by atoms with Crippen LogP contribution in [0.1, 0.15) is 18.4 Å². The van der Waals surface area contributed by atoms with Crippen molar-refractivity contribution in [2.45, 2.75) is 25.4 Å². The number of nitrogens with two attached hydrogens (primary N) is 1. The SMILES string of the molecule is NC(=O)CN1CCC(NCc2ccc(Br)cc2)CC1. The van der Waals surface area contributed by atoms with Crippen LogP contribution in [0.3, 0.4) is 0 Å². The molecule has 1 amide bonds. The Balaban J connectivity index is 1.71. The van der Waals surface area contributed by atoms with Crippen molar-refractivity contribution in [1.82, 2.24) is 10.2 Å². The van der Waals surface area contributed by atoms with Gasteiger partial charge in [0, 0.05) is 30.1 Å². The minimum atomic E-state index is -0.235. The number of amides is 1. The standard InChI is InChI=1S/C14H20BrN3O/c15-12-3-1-11(2-4-12)9-17-13-5-7-18(8-6-13)10-14(16)19/h1-4,13,17H,5-10H2,(H2,16,19). The van der Waals surface area contributed by atoms with Gasteiger partial charge in [-0.05, 0) is 30.5 Å². The Labute approximate surface area is 122 Å². The van der Waals surface area contributed by atoms with Crippen LogP contribution in [0.15, 0.2) is 28.7 Å². The minimum Gasteiger partial charge on any atom is -0.369 e. The molecule has 2 rings (SSSR count). The maximum Gasteiger partial charge on any atom is 0.231 e. The number of hydrogen-bond acceptors (Lipinski definition) is 3. The first-order valence-corrected chi connectivity index (χ1v) is 7.41. The third kappa shape index (κ3) is 4.93. The van der Waals surface area contributed by atoms with E-state index in [2.05, 4.69) is 50.4 Å². The Bertz CT molecular complexity index is 413. The van der Waals surface area contributed by atoms with Gasteiger partial charge in [0.1, 0.15) is 0 Å². The number of carbonyl (C=O) groups excluding carboxylic acids is 1. The molecule has 0 aliphatic carbocycles. The van der Waals surface area contributed by atoms with E-state index in [9.17, 15) is 4.79 Å². The monoisotopic (exact) mass is 325 g/mol. The molecule has 5 heteroatoms. The van der Waals surface area contributed by atoms with Crippen molar-refractivity contribution < 1.29 is 4.79 Å². The molecule has 1 fully saturated rings. The molecule has 0 spiro atoms. The van der Waals surface area contributed by atoms with E-state index in [1.54, 1.807) is 0 Å². The molecule has 0 bridgehead atoms. The van der Waals surface area contributed by atoms with Crippen LogP contribution in [0.2, 0.25) is 0 Å². The summed E-state index contributed by atoms with van der Waals surface area (Å²) in [7, 11) is 0. The number of nitrogens with one attached hydrogen (secondary N) is 1. The Morgan fingerprint density at radius 3 is 2.53 bits per heavy atom. The highest BCUT2D eigenvalue weighted by molar-refractivity contribution is 9.10. The molecule has 0 aromatic heterocycles. The zero-order valence-corrected chi connectivity index (χ0v) is 12.5. The number of piperidine rings is 1. The fourth-order valence-corrected chi connectivity index (χ4v) is 2.64. The van der Waals surface area contributed by atoms with Gasteiger partial charge >= 0.3 is 0 Å². The lowest BCUT2D eigenvalue weighted by Gasteiger charge is -2.31. The highest BCUT2D eigenvalue weighted by atomic mass is 79.9. The molecular formula is C14H20BrN3O. The van der Waals surface area contributed by atoms with E-state index in [-0.39, 0.29) is 5.91 Å². The quantitative estimate of drug-likeness (QED) is 0.862. The molecule has 0 atom stereocenters. The summed E-state index contributed by atoms with van der Waals surface area (Å²) in [6, 6.07) is 8.91. The fraction of sp³-hybridized carbons (Fsp3) is 0.500. The lowest BCUT2D eigenvalue weighted by molar-refractivity contribution is -0.119. The largest absolute Gasteiger partial charge is 0.369 e.